The van der Waals surface area contributed by atoms with Crippen LogP contribution in [0.25, 0.3) is 0 Å². The minimum absolute atomic E-state index is 0.197. The first-order chi connectivity index (χ1) is 18.2. The molecule has 5 aromatic rings. The zero-order valence-electron chi connectivity index (χ0n) is 21.3. The third-order valence-corrected chi connectivity index (χ3v) is 7.80. The summed E-state index contributed by atoms with van der Waals surface area (Å²) in [5, 5.41) is 39.9. The van der Waals surface area contributed by atoms with Crippen LogP contribution >= 0.6 is 0 Å². The molecule has 4 nitrogen and oxygen atoms in total. The molecule has 38 heavy (non-hydrogen) atoms. The van der Waals surface area contributed by atoms with E-state index >= 15 is 0 Å². The van der Waals surface area contributed by atoms with Crippen molar-refractivity contribution in [1.82, 2.24) is 0 Å². The van der Waals surface area contributed by atoms with Crippen molar-refractivity contribution in [3.05, 3.63) is 155 Å². The second kappa shape index (κ2) is 9.64. The van der Waals surface area contributed by atoms with Crippen LogP contribution in [0, 0.1) is 0 Å². The van der Waals surface area contributed by atoms with E-state index in [0.29, 0.717) is 0 Å². The Bertz CT molecular complexity index is 1330. The molecule has 0 aliphatic carbocycles. The standard InChI is InChI=1S/C34H30O4/c1-33(23-6-14-29(35)15-7-23,24-8-16-30(36)17-9-24)27-4-3-5-28(22-27)34(2,25-10-18-31(37)19-11-25)26-12-20-32(38)21-13-26/h3-22,35-38H,1-2H3. The van der Waals surface area contributed by atoms with Crippen LogP contribution in [-0.4, -0.2) is 20.4 Å². The molecule has 0 aromatic heterocycles. The molecule has 0 aliphatic rings. The van der Waals surface area contributed by atoms with Gasteiger partial charge in [0.05, 0.1) is 0 Å². The summed E-state index contributed by atoms with van der Waals surface area (Å²) >= 11 is 0. The molecule has 0 heterocycles. The molecule has 0 saturated heterocycles. The summed E-state index contributed by atoms with van der Waals surface area (Å²) in [7, 11) is 0. The molecule has 0 bridgehead atoms. The Hall–Kier alpha value is -4.70. The average molecular weight is 503 g/mol. The largest absolute Gasteiger partial charge is 0.508 e. The molecule has 0 fully saturated rings. The Morgan fingerprint density at radius 3 is 0.816 bits per heavy atom. The van der Waals surface area contributed by atoms with E-state index in [1.807, 2.05) is 54.6 Å². The van der Waals surface area contributed by atoms with Gasteiger partial charge in [0.2, 0.25) is 0 Å². The highest BCUT2D eigenvalue weighted by Crippen LogP contribution is 2.44. The van der Waals surface area contributed by atoms with Crippen molar-refractivity contribution >= 4 is 0 Å². The van der Waals surface area contributed by atoms with Crippen molar-refractivity contribution in [1.29, 1.82) is 0 Å². The molecule has 4 N–H and O–H groups in total. The average Bonchev–Trinajstić information content (AvgIpc) is 2.94. The molecule has 0 spiro atoms. The van der Waals surface area contributed by atoms with Gasteiger partial charge in [0.1, 0.15) is 23.0 Å². The quantitative estimate of drug-likeness (QED) is 0.185. The number of hydrogen-bond acceptors (Lipinski definition) is 4. The topological polar surface area (TPSA) is 80.9 Å². The molecule has 0 unspecified atom stereocenters. The van der Waals surface area contributed by atoms with Gasteiger partial charge in [-0.3, -0.25) is 0 Å². The highest BCUT2D eigenvalue weighted by atomic mass is 16.3. The molecule has 4 heteroatoms. The van der Waals surface area contributed by atoms with Crippen molar-refractivity contribution in [2.45, 2.75) is 24.7 Å². The Kier molecular flexibility index (Phi) is 6.33. The van der Waals surface area contributed by atoms with Gasteiger partial charge in [-0.1, -0.05) is 72.8 Å². The number of aromatic hydroxyl groups is 4. The second-order valence-corrected chi connectivity index (χ2v) is 10.0. The minimum atomic E-state index is -0.595. The molecular weight excluding hydrogens is 472 g/mol. The fourth-order valence-electron chi connectivity index (χ4n) is 5.32. The Morgan fingerprint density at radius 1 is 0.342 bits per heavy atom. The monoisotopic (exact) mass is 502 g/mol. The number of phenols is 4. The van der Waals surface area contributed by atoms with Gasteiger partial charge >= 0.3 is 0 Å². The van der Waals surface area contributed by atoms with Gasteiger partial charge in [-0.15, -0.1) is 0 Å². The first-order valence-electron chi connectivity index (χ1n) is 12.5. The number of hydrogen-bond donors (Lipinski definition) is 4. The van der Waals surface area contributed by atoms with Crippen LogP contribution in [0.2, 0.25) is 0 Å². The second-order valence-electron chi connectivity index (χ2n) is 10.0. The molecule has 0 atom stereocenters. The zero-order chi connectivity index (χ0) is 26.9. The first kappa shape index (κ1) is 25.0. The summed E-state index contributed by atoms with van der Waals surface area (Å²) in [6.07, 6.45) is 0. The van der Waals surface area contributed by atoms with E-state index in [4.69, 9.17) is 0 Å². The summed E-state index contributed by atoms with van der Waals surface area (Å²) in [6, 6.07) is 37.3. The predicted molar refractivity (Wildman–Crippen MR) is 150 cm³/mol. The van der Waals surface area contributed by atoms with Crippen LogP contribution in [0.15, 0.2) is 121 Å². The van der Waals surface area contributed by atoms with Crippen LogP contribution in [0.1, 0.15) is 47.2 Å². The van der Waals surface area contributed by atoms with Gasteiger partial charge in [0, 0.05) is 10.8 Å². The third-order valence-electron chi connectivity index (χ3n) is 7.80. The smallest absolute Gasteiger partial charge is 0.115 e. The van der Waals surface area contributed by atoms with Crippen molar-refractivity contribution in [3.8, 4) is 23.0 Å². The van der Waals surface area contributed by atoms with E-state index < -0.39 is 10.8 Å². The molecule has 0 radical (unpaired) electrons. The maximum Gasteiger partial charge on any atom is 0.115 e. The molecule has 5 rings (SSSR count). The Balaban J connectivity index is 1.75. The fraction of sp³-hybridized carbons (Fsp3) is 0.118. The lowest BCUT2D eigenvalue weighted by Gasteiger charge is -2.36. The Labute approximate surface area is 222 Å². The number of rotatable bonds is 6. The van der Waals surface area contributed by atoms with Gasteiger partial charge in [0.25, 0.3) is 0 Å². The lowest BCUT2D eigenvalue weighted by molar-refractivity contribution is 0.473. The van der Waals surface area contributed by atoms with E-state index in [0.717, 1.165) is 33.4 Å². The Morgan fingerprint density at radius 2 is 0.579 bits per heavy atom. The zero-order valence-corrected chi connectivity index (χ0v) is 21.3. The van der Waals surface area contributed by atoms with Gasteiger partial charge < -0.3 is 20.4 Å². The third kappa shape index (κ3) is 4.35. The van der Waals surface area contributed by atoms with Crippen molar-refractivity contribution in [2.24, 2.45) is 0 Å². The highest BCUT2D eigenvalue weighted by molar-refractivity contribution is 5.56. The summed E-state index contributed by atoms with van der Waals surface area (Å²) < 4.78 is 0. The van der Waals surface area contributed by atoms with E-state index in [2.05, 4.69) is 32.0 Å². The summed E-state index contributed by atoms with van der Waals surface area (Å²) in [5.74, 6) is 0.788. The molecule has 5 aromatic carbocycles. The fourth-order valence-corrected chi connectivity index (χ4v) is 5.32. The maximum absolute atomic E-state index is 9.97. The van der Waals surface area contributed by atoms with E-state index in [9.17, 15) is 20.4 Å². The number of phenolic OH excluding ortho intramolecular Hbond substituents is 4. The molecular formula is C34H30O4. The molecule has 0 saturated carbocycles. The van der Waals surface area contributed by atoms with E-state index in [1.54, 1.807) is 48.5 Å². The van der Waals surface area contributed by atoms with Gasteiger partial charge in [-0.25, -0.2) is 0 Å². The predicted octanol–water partition coefficient (Wildman–Crippen LogP) is 7.22. The minimum Gasteiger partial charge on any atom is -0.508 e. The maximum atomic E-state index is 9.97. The molecule has 0 aliphatic heterocycles. The first-order valence-corrected chi connectivity index (χ1v) is 12.5. The van der Waals surface area contributed by atoms with Crippen LogP contribution in [-0.2, 0) is 10.8 Å². The SMILES string of the molecule is CC(c1ccc(O)cc1)(c1ccc(O)cc1)c1cccc(C(C)(c2ccc(O)cc2)c2ccc(O)cc2)c1. The lowest BCUT2D eigenvalue weighted by atomic mass is 9.67. The summed E-state index contributed by atoms with van der Waals surface area (Å²) in [4.78, 5) is 0. The van der Waals surface area contributed by atoms with Crippen LogP contribution in [0.5, 0.6) is 23.0 Å². The van der Waals surface area contributed by atoms with Crippen molar-refractivity contribution < 1.29 is 20.4 Å². The molecule has 0 amide bonds. The lowest BCUT2D eigenvalue weighted by Crippen LogP contribution is -2.28. The van der Waals surface area contributed by atoms with E-state index in [-0.39, 0.29) is 23.0 Å². The van der Waals surface area contributed by atoms with Crippen LogP contribution in [0.4, 0.5) is 0 Å². The normalized spacial score (nSPS) is 11.8. The number of benzene rings is 5. The van der Waals surface area contributed by atoms with Crippen LogP contribution < -0.4 is 0 Å². The van der Waals surface area contributed by atoms with E-state index in [1.165, 1.54) is 0 Å². The summed E-state index contributed by atoms with van der Waals surface area (Å²) in [6.45, 7) is 4.28. The summed E-state index contributed by atoms with van der Waals surface area (Å²) in [5.41, 5.74) is 4.86. The van der Waals surface area contributed by atoms with Gasteiger partial charge in [-0.05, 0) is 95.8 Å². The van der Waals surface area contributed by atoms with Gasteiger partial charge in [0.15, 0.2) is 0 Å². The van der Waals surface area contributed by atoms with Crippen molar-refractivity contribution in [3.63, 3.8) is 0 Å². The van der Waals surface area contributed by atoms with Crippen molar-refractivity contribution in [2.75, 3.05) is 0 Å². The highest BCUT2D eigenvalue weighted by Gasteiger charge is 2.35. The van der Waals surface area contributed by atoms with Crippen LogP contribution in [0.3, 0.4) is 0 Å². The van der Waals surface area contributed by atoms with Gasteiger partial charge in [-0.2, -0.15) is 0 Å². The molecule has 190 valence electrons.